The van der Waals surface area contributed by atoms with Crippen LogP contribution in [-0.4, -0.2) is 15.7 Å². The Balaban J connectivity index is 1.73. The second kappa shape index (κ2) is 7.30. The number of aryl methyl sites for hydroxylation is 1. The molecule has 3 heterocycles. The molecule has 0 spiro atoms. The summed E-state index contributed by atoms with van der Waals surface area (Å²) in [4.78, 5) is 31.0. The van der Waals surface area contributed by atoms with Gasteiger partial charge in [0.1, 0.15) is 9.71 Å². The van der Waals surface area contributed by atoms with E-state index in [9.17, 15) is 14.9 Å². The zero-order valence-corrected chi connectivity index (χ0v) is 17.5. The molecule has 0 bridgehead atoms. The number of hydrogen-bond acceptors (Lipinski definition) is 7. The molecule has 4 aromatic rings. The van der Waals surface area contributed by atoms with Gasteiger partial charge >= 0.3 is 0 Å². The molecule has 3 aromatic heterocycles. The molecule has 150 valence electrons. The van der Waals surface area contributed by atoms with E-state index in [1.54, 1.807) is 17.4 Å². The first-order valence-electron chi connectivity index (χ1n) is 9.61. The predicted molar refractivity (Wildman–Crippen MR) is 121 cm³/mol. The Labute approximate surface area is 180 Å². The second-order valence-electron chi connectivity index (χ2n) is 7.26. The van der Waals surface area contributed by atoms with Crippen LogP contribution in [0.3, 0.4) is 0 Å². The number of benzene rings is 1. The fourth-order valence-electron chi connectivity index (χ4n) is 4.06. The van der Waals surface area contributed by atoms with Crippen LogP contribution >= 0.6 is 22.7 Å². The maximum atomic E-state index is 13.2. The highest BCUT2D eigenvalue weighted by atomic mass is 32.1. The fraction of sp³-hybridized carbons (Fsp3) is 0.182. The number of nitro benzene ring substituents is 1. The molecule has 0 fully saturated rings. The third kappa shape index (κ3) is 3.00. The van der Waals surface area contributed by atoms with Gasteiger partial charge in [0.15, 0.2) is 0 Å². The number of ketones is 1. The number of hydrogen-bond donors (Lipinski definition) is 1. The number of anilines is 1. The van der Waals surface area contributed by atoms with E-state index in [1.165, 1.54) is 35.1 Å². The van der Waals surface area contributed by atoms with Crippen LogP contribution in [0, 0.1) is 10.1 Å². The van der Waals surface area contributed by atoms with Gasteiger partial charge in [0.25, 0.3) is 5.69 Å². The van der Waals surface area contributed by atoms with Crippen molar-refractivity contribution >= 4 is 50.0 Å². The molecular formula is C22H17N3O3S2. The van der Waals surface area contributed by atoms with Crippen molar-refractivity contribution in [1.82, 2.24) is 4.98 Å². The van der Waals surface area contributed by atoms with Crippen molar-refractivity contribution in [3.8, 4) is 10.4 Å². The van der Waals surface area contributed by atoms with E-state index in [0.717, 1.165) is 52.0 Å². The number of nitrogen functional groups attached to an aromatic ring is 1. The van der Waals surface area contributed by atoms with E-state index in [-0.39, 0.29) is 17.0 Å². The van der Waals surface area contributed by atoms with Crippen molar-refractivity contribution in [2.75, 3.05) is 5.73 Å². The average Bonchev–Trinajstić information content (AvgIpc) is 3.40. The Bertz CT molecular complexity index is 1310. The van der Waals surface area contributed by atoms with Gasteiger partial charge in [0.2, 0.25) is 5.78 Å². The normalized spacial score (nSPS) is 13.3. The lowest BCUT2D eigenvalue weighted by atomic mass is 9.90. The minimum absolute atomic E-state index is 0.117. The minimum Gasteiger partial charge on any atom is -0.397 e. The summed E-state index contributed by atoms with van der Waals surface area (Å²) in [5.41, 5.74) is 10.5. The summed E-state index contributed by atoms with van der Waals surface area (Å²) in [6.07, 6.45) is 4.10. The van der Waals surface area contributed by atoms with Crippen molar-refractivity contribution in [1.29, 1.82) is 0 Å². The van der Waals surface area contributed by atoms with Gasteiger partial charge in [-0.05, 0) is 42.7 Å². The highest BCUT2D eigenvalue weighted by Crippen LogP contribution is 2.45. The van der Waals surface area contributed by atoms with E-state index in [4.69, 9.17) is 10.7 Å². The minimum atomic E-state index is -0.504. The number of nitrogens with two attached hydrogens (primary N) is 1. The van der Waals surface area contributed by atoms with E-state index in [2.05, 4.69) is 6.07 Å². The average molecular weight is 436 g/mol. The number of thiophene rings is 2. The summed E-state index contributed by atoms with van der Waals surface area (Å²) >= 11 is 2.93. The van der Waals surface area contributed by atoms with Crippen LogP contribution in [0.4, 0.5) is 11.4 Å². The van der Waals surface area contributed by atoms with Gasteiger partial charge in [-0.3, -0.25) is 14.9 Å². The number of nitro groups is 1. The Morgan fingerprint density at radius 3 is 2.77 bits per heavy atom. The van der Waals surface area contributed by atoms with E-state index in [0.29, 0.717) is 10.6 Å². The van der Waals surface area contributed by atoms with Gasteiger partial charge in [-0.15, -0.1) is 22.7 Å². The summed E-state index contributed by atoms with van der Waals surface area (Å²) in [6, 6.07) is 9.85. The Kier molecular flexibility index (Phi) is 4.60. The first kappa shape index (κ1) is 18.9. The number of pyridine rings is 1. The Hall–Kier alpha value is -3.10. The van der Waals surface area contributed by atoms with Crippen LogP contribution in [0.2, 0.25) is 0 Å². The van der Waals surface area contributed by atoms with Gasteiger partial charge in [-0.2, -0.15) is 0 Å². The van der Waals surface area contributed by atoms with Gasteiger partial charge in [-0.1, -0.05) is 18.2 Å². The van der Waals surface area contributed by atoms with Crippen LogP contribution in [0.5, 0.6) is 0 Å². The van der Waals surface area contributed by atoms with Crippen molar-refractivity contribution in [2.24, 2.45) is 0 Å². The fourth-order valence-corrected chi connectivity index (χ4v) is 5.95. The number of carbonyl (C=O) groups is 1. The smallest absolute Gasteiger partial charge is 0.270 e. The Morgan fingerprint density at radius 2 is 2.00 bits per heavy atom. The van der Waals surface area contributed by atoms with Crippen LogP contribution in [-0.2, 0) is 12.8 Å². The molecule has 30 heavy (non-hydrogen) atoms. The van der Waals surface area contributed by atoms with E-state index >= 15 is 0 Å². The third-order valence-electron chi connectivity index (χ3n) is 5.45. The summed E-state index contributed by atoms with van der Waals surface area (Å²) in [6.45, 7) is 0. The van der Waals surface area contributed by atoms with Crippen molar-refractivity contribution in [3.63, 3.8) is 0 Å². The highest BCUT2D eigenvalue weighted by molar-refractivity contribution is 7.21. The lowest BCUT2D eigenvalue weighted by Crippen LogP contribution is -2.07. The molecule has 8 heteroatoms. The van der Waals surface area contributed by atoms with Crippen molar-refractivity contribution in [2.45, 2.75) is 25.7 Å². The molecule has 0 atom stereocenters. The SMILES string of the molecule is Nc1c(C(=O)c2cccc([N+](=O)[O-])c2)sc2nc3c(c(-c4cccs4)c12)CCCC3. The number of rotatable bonds is 4. The second-order valence-corrected chi connectivity index (χ2v) is 9.20. The first-order chi connectivity index (χ1) is 14.5. The molecule has 6 nitrogen and oxygen atoms in total. The highest BCUT2D eigenvalue weighted by Gasteiger charge is 2.27. The third-order valence-corrected chi connectivity index (χ3v) is 7.43. The van der Waals surface area contributed by atoms with E-state index in [1.807, 2.05) is 11.4 Å². The molecule has 1 aliphatic rings. The van der Waals surface area contributed by atoms with Crippen LogP contribution in [0.1, 0.15) is 39.3 Å². The van der Waals surface area contributed by atoms with Gasteiger partial charge < -0.3 is 5.73 Å². The molecule has 2 N–H and O–H groups in total. The number of carbonyl (C=O) groups excluding carboxylic acids is 1. The maximum Gasteiger partial charge on any atom is 0.270 e. The molecule has 0 unspecified atom stereocenters. The molecular weight excluding hydrogens is 418 g/mol. The van der Waals surface area contributed by atoms with Gasteiger partial charge in [0, 0.05) is 39.2 Å². The standard InChI is InChI=1S/C22H17N3O3S2/c23-19-18-17(16-9-4-10-29-16)14-7-1-2-8-15(14)24-22(18)30-21(19)20(26)12-5-3-6-13(11-12)25(27)28/h3-6,9-11H,1-2,7-8,23H2. The summed E-state index contributed by atoms with van der Waals surface area (Å²) in [7, 11) is 0. The topological polar surface area (TPSA) is 99.1 Å². The van der Waals surface area contributed by atoms with Gasteiger partial charge in [-0.25, -0.2) is 4.98 Å². The summed E-state index contributed by atoms with van der Waals surface area (Å²) < 4.78 is 0. The lowest BCUT2D eigenvalue weighted by molar-refractivity contribution is -0.384. The lowest BCUT2D eigenvalue weighted by Gasteiger charge is -2.19. The number of aromatic nitrogens is 1. The van der Waals surface area contributed by atoms with Crippen LogP contribution < -0.4 is 5.73 Å². The summed E-state index contributed by atoms with van der Waals surface area (Å²) in [5, 5.41) is 14.0. The molecule has 0 radical (unpaired) electrons. The molecule has 1 aliphatic carbocycles. The molecule has 5 rings (SSSR count). The molecule has 1 aromatic carbocycles. The van der Waals surface area contributed by atoms with Crippen molar-refractivity contribution in [3.05, 3.63) is 73.6 Å². The molecule has 0 aliphatic heterocycles. The van der Waals surface area contributed by atoms with E-state index < -0.39 is 4.92 Å². The molecule has 0 amide bonds. The number of non-ortho nitro benzene ring substituents is 1. The zero-order chi connectivity index (χ0) is 20.8. The molecule has 0 saturated carbocycles. The van der Waals surface area contributed by atoms with Crippen LogP contribution in [0.15, 0.2) is 41.8 Å². The predicted octanol–water partition coefficient (Wildman–Crippen LogP) is 5.63. The first-order valence-corrected chi connectivity index (χ1v) is 11.3. The maximum absolute atomic E-state index is 13.2. The monoisotopic (exact) mass is 435 g/mol. The zero-order valence-electron chi connectivity index (χ0n) is 15.9. The Morgan fingerprint density at radius 1 is 1.17 bits per heavy atom. The largest absolute Gasteiger partial charge is 0.397 e. The van der Waals surface area contributed by atoms with Crippen LogP contribution in [0.25, 0.3) is 20.7 Å². The molecule has 0 saturated heterocycles. The quantitative estimate of drug-likeness (QED) is 0.255. The number of nitrogens with zero attached hydrogens (tertiary/aromatic N) is 2. The van der Waals surface area contributed by atoms with Crippen molar-refractivity contribution < 1.29 is 9.72 Å². The van der Waals surface area contributed by atoms with Gasteiger partial charge in [0.05, 0.1) is 10.6 Å². The summed E-state index contributed by atoms with van der Waals surface area (Å²) in [5.74, 6) is -0.311. The number of fused-ring (bicyclic) bond motifs is 2.